The molecular formula is C12H16F2N2O. The quantitative estimate of drug-likeness (QED) is 0.874. The summed E-state index contributed by atoms with van der Waals surface area (Å²) in [6, 6.07) is 3.30. The van der Waals surface area contributed by atoms with Crippen LogP contribution < -0.4 is 5.73 Å². The Balaban J connectivity index is 2.82. The van der Waals surface area contributed by atoms with Crippen LogP contribution in [0.25, 0.3) is 0 Å². The van der Waals surface area contributed by atoms with Gasteiger partial charge in [0.1, 0.15) is 17.2 Å². The van der Waals surface area contributed by atoms with Gasteiger partial charge in [-0.05, 0) is 25.5 Å². The van der Waals surface area contributed by atoms with E-state index in [9.17, 15) is 13.6 Å². The van der Waals surface area contributed by atoms with Crippen molar-refractivity contribution in [1.29, 1.82) is 0 Å². The fraction of sp³-hybridized carbons (Fsp3) is 0.417. The number of nitrogens with zero attached hydrogens (tertiary/aromatic N) is 1. The van der Waals surface area contributed by atoms with E-state index in [4.69, 9.17) is 5.73 Å². The van der Waals surface area contributed by atoms with Crippen LogP contribution in [-0.2, 0) is 0 Å². The molecule has 0 spiro atoms. The van der Waals surface area contributed by atoms with Crippen molar-refractivity contribution < 1.29 is 13.6 Å². The highest BCUT2D eigenvalue weighted by molar-refractivity contribution is 5.94. The molecule has 94 valence electrons. The fourth-order valence-electron chi connectivity index (χ4n) is 1.39. The Morgan fingerprint density at radius 2 is 1.94 bits per heavy atom. The molecule has 0 radical (unpaired) electrons. The number of hydrogen-bond acceptors (Lipinski definition) is 2. The summed E-state index contributed by atoms with van der Waals surface area (Å²) < 4.78 is 26.7. The molecule has 1 aromatic carbocycles. The summed E-state index contributed by atoms with van der Waals surface area (Å²) in [7, 11) is 1.50. The molecular weight excluding hydrogens is 226 g/mol. The largest absolute Gasteiger partial charge is 0.341 e. The van der Waals surface area contributed by atoms with Crippen LogP contribution >= 0.6 is 0 Å². The molecule has 0 heterocycles. The highest BCUT2D eigenvalue weighted by atomic mass is 19.1. The lowest BCUT2D eigenvalue weighted by Crippen LogP contribution is -2.32. The number of carbonyl (C=O) groups is 1. The Labute approximate surface area is 99.2 Å². The predicted octanol–water partition coefficient (Wildman–Crippen LogP) is 1.77. The normalized spacial score (nSPS) is 12.3. The zero-order valence-corrected chi connectivity index (χ0v) is 9.91. The van der Waals surface area contributed by atoms with Gasteiger partial charge < -0.3 is 10.6 Å². The van der Waals surface area contributed by atoms with Crippen molar-refractivity contribution in [2.45, 2.75) is 19.4 Å². The lowest BCUT2D eigenvalue weighted by molar-refractivity contribution is 0.0782. The summed E-state index contributed by atoms with van der Waals surface area (Å²) in [5, 5.41) is 0. The van der Waals surface area contributed by atoms with Crippen molar-refractivity contribution in [2.75, 3.05) is 13.6 Å². The van der Waals surface area contributed by atoms with Gasteiger partial charge in [0, 0.05) is 19.6 Å². The molecule has 0 aliphatic rings. The molecule has 1 atom stereocenters. The second kappa shape index (κ2) is 5.72. The SMILES string of the molecule is CC(N)CCN(C)C(=O)c1c(F)cccc1F. The topological polar surface area (TPSA) is 46.3 Å². The third kappa shape index (κ3) is 3.49. The number of halogens is 2. The molecule has 0 bridgehead atoms. The molecule has 0 saturated heterocycles. The summed E-state index contributed by atoms with van der Waals surface area (Å²) in [5.41, 5.74) is 5.04. The summed E-state index contributed by atoms with van der Waals surface area (Å²) in [6.45, 7) is 2.17. The number of amides is 1. The Kier molecular flexibility index (Phi) is 4.57. The van der Waals surface area contributed by atoms with Crippen LogP contribution in [0.5, 0.6) is 0 Å². The molecule has 0 aliphatic heterocycles. The first-order valence-electron chi connectivity index (χ1n) is 5.38. The van der Waals surface area contributed by atoms with E-state index in [-0.39, 0.29) is 6.04 Å². The molecule has 1 rings (SSSR count). The number of nitrogens with two attached hydrogens (primary N) is 1. The first-order valence-corrected chi connectivity index (χ1v) is 5.38. The molecule has 1 amide bonds. The van der Waals surface area contributed by atoms with Crippen LogP contribution in [0.1, 0.15) is 23.7 Å². The van der Waals surface area contributed by atoms with Crippen molar-refractivity contribution in [3.63, 3.8) is 0 Å². The Bertz CT molecular complexity index is 387. The number of hydrogen-bond donors (Lipinski definition) is 1. The predicted molar refractivity (Wildman–Crippen MR) is 61.6 cm³/mol. The molecule has 0 saturated carbocycles. The minimum Gasteiger partial charge on any atom is -0.341 e. The van der Waals surface area contributed by atoms with Gasteiger partial charge in [0.15, 0.2) is 0 Å². The van der Waals surface area contributed by atoms with Crippen molar-refractivity contribution in [3.05, 3.63) is 35.4 Å². The van der Waals surface area contributed by atoms with Crippen LogP contribution in [0.15, 0.2) is 18.2 Å². The third-order valence-corrected chi connectivity index (χ3v) is 2.44. The van der Waals surface area contributed by atoms with Crippen LogP contribution in [0, 0.1) is 11.6 Å². The van der Waals surface area contributed by atoms with Crippen LogP contribution in [0.3, 0.4) is 0 Å². The summed E-state index contributed by atoms with van der Waals surface area (Å²) in [6.07, 6.45) is 0.582. The highest BCUT2D eigenvalue weighted by Gasteiger charge is 2.20. The second-order valence-corrected chi connectivity index (χ2v) is 4.09. The van der Waals surface area contributed by atoms with E-state index in [2.05, 4.69) is 0 Å². The summed E-state index contributed by atoms with van der Waals surface area (Å²) in [5.74, 6) is -2.36. The number of carbonyl (C=O) groups excluding carboxylic acids is 1. The molecule has 0 aliphatic carbocycles. The van der Waals surface area contributed by atoms with Gasteiger partial charge in [0.05, 0.1) is 0 Å². The number of rotatable bonds is 4. The van der Waals surface area contributed by atoms with Gasteiger partial charge in [-0.3, -0.25) is 4.79 Å². The van der Waals surface area contributed by atoms with E-state index in [0.29, 0.717) is 13.0 Å². The molecule has 0 aromatic heterocycles. The third-order valence-electron chi connectivity index (χ3n) is 2.44. The molecule has 1 aromatic rings. The van der Waals surface area contributed by atoms with Crippen molar-refractivity contribution in [2.24, 2.45) is 5.73 Å². The van der Waals surface area contributed by atoms with E-state index < -0.39 is 23.1 Å². The maximum absolute atomic E-state index is 13.3. The molecule has 0 fully saturated rings. The van der Waals surface area contributed by atoms with Gasteiger partial charge in [-0.25, -0.2) is 8.78 Å². The monoisotopic (exact) mass is 242 g/mol. The lowest BCUT2D eigenvalue weighted by Gasteiger charge is -2.18. The van der Waals surface area contributed by atoms with E-state index in [1.54, 1.807) is 0 Å². The maximum atomic E-state index is 13.3. The van der Waals surface area contributed by atoms with Crippen molar-refractivity contribution >= 4 is 5.91 Å². The maximum Gasteiger partial charge on any atom is 0.259 e. The molecule has 5 heteroatoms. The summed E-state index contributed by atoms with van der Waals surface area (Å²) in [4.78, 5) is 13.1. The molecule has 2 N–H and O–H groups in total. The Morgan fingerprint density at radius 3 is 2.41 bits per heavy atom. The highest BCUT2D eigenvalue weighted by Crippen LogP contribution is 2.14. The van der Waals surface area contributed by atoms with Gasteiger partial charge in [-0.1, -0.05) is 6.07 Å². The average Bonchev–Trinajstić information content (AvgIpc) is 2.25. The van der Waals surface area contributed by atoms with Gasteiger partial charge in [-0.15, -0.1) is 0 Å². The zero-order valence-electron chi connectivity index (χ0n) is 9.91. The Hall–Kier alpha value is -1.49. The minimum atomic E-state index is -0.845. The minimum absolute atomic E-state index is 0.0595. The lowest BCUT2D eigenvalue weighted by atomic mass is 10.1. The fourth-order valence-corrected chi connectivity index (χ4v) is 1.39. The van der Waals surface area contributed by atoms with E-state index in [1.807, 2.05) is 6.92 Å². The van der Waals surface area contributed by atoms with Crippen molar-refractivity contribution in [3.8, 4) is 0 Å². The van der Waals surface area contributed by atoms with Gasteiger partial charge >= 0.3 is 0 Å². The van der Waals surface area contributed by atoms with E-state index >= 15 is 0 Å². The van der Waals surface area contributed by atoms with Gasteiger partial charge in [0.25, 0.3) is 5.91 Å². The smallest absolute Gasteiger partial charge is 0.259 e. The van der Waals surface area contributed by atoms with E-state index in [1.165, 1.54) is 18.0 Å². The first kappa shape index (κ1) is 13.6. The second-order valence-electron chi connectivity index (χ2n) is 4.09. The number of benzene rings is 1. The van der Waals surface area contributed by atoms with Crippen molar-refractivity contribution in [1.82, 2.24) is 4.90 Å². The van der Waals surface area contributed by atoms with Crippen LogP contribution in [0.2, 0.25) is 0 Å². The first-order chi connectivity index (χ1) is 7.93. The summed E-state index contributed by atoms with van der Waals surface area (Å²) >= 11 is 0. The molecule has 1 unspecified atom stereocenters. The van der Waals surface area contributed by atoms with Gasteiger partial charge in [0.2, 0.25) is 0 Å². The molecule has 3 nitrogen and oxygen atoms in total. The molecule has 17 heavy (non-hydrogen) atoms. The standard InChI is InChI=1S/C12H16F2N2O/c1-8(15)6-7-16(2)12(17)11-9(13)4-3-5-10(11)14/h3-5,8H,6-7,15H2,1-2H3. The average molecular weight is 242 g/mol. The van der Waals surface area contributed by atoms with Gasteiger partial charge in [-0.2, -0.15) is 0 Å². The Morgan fingerprint density at radius 1 is 1.41 bits per heavy atom. The van der Waals surface area contributed by atoms with Crippen LogP contribution in [0.4, 0.5) is 8.78 Å². The zero-order chi connectivity index (χ0) is 13.0. The van der Waals surface area contributed by atoms with E-state index in [0.717, 1.165) is 12.1 Å². The van der Waals surface area contributed by atoms with Crippen LogP contribution in [-0.4, -0.2) is 30.4 Å².